The van der Waals surface area contributed by atoms with Crippen LogP contribution in [0.3, 0.4) is 0 Å². The molecule has 1 aliphatic rings. The lowest BCUT2D eigenvalue weighted by molar-refractivity contribution is -0.141. The van der Waals surface area contributed by atoms with Crippen LogP contribution in [0.1, 0.15) is 29.4 Å². The Morgan fingerprint density at radius 2 is 1.62 bits per heavy atom. The van der Waals surface area contributed by atoms with Crippen molar-refractivity contribution in [1.82, 2.24) is 24.7 Å². The molecule has 1 saturated heterocycles. The van der Waals surface area contributed by atoms with E-state index in [-0.39, 0.29) is 42.9 Å². The fourth-order valence-corrected chi connectivity index (χ4v) is 6.08. The highest BCUT2D eigenvalue weighted by molar-refractivity contribution is 7.89. The Hall–Kier alpha value is -3.71. The molecule has 39 heavy (non-hydrogen) atoms. The van der Waals surface area contributed by atoms with Crippen LogP contribution in [-0.4, -0.2) is 60.5 Å². The van der Waals surface area contributed by atoms with Crippen LogP contribution >= 0.6 is 0 Å². The number of sulfonamides is 1. The van der Waals surface area contributed by atoms with E-state index >= 15 is 0 Å². The van der Waals surface area contributed by atoms with Crippen LogP contribution < -0.4 is 10.6 Å². The number of halogens is 3. The molecule has 0 spiro atoms. The molecule has 2 amide bonds. The Morgan fingerprint density at radius 1 is 1.00 bits per heavy atom. The first kappa shape index (κ1) is 28.3. The third kappa shape index (κ3) is 6.48. The lowest BCUT2D eigenvalue weighted by Crippen LogP contribution is -2.48. The maximum absolute atomic E-state index is 13.5. The Morgan fingerprint density at radius 3 is 2.23 bits per heavy atom. The smallest absolute Gasteiger partial charge is 0.354 e. The van der Waals surface area contributed by atoms with Gasteiger partial charge in [0.1, 0.15) is 0 Å². The van der Waals surface area contributed by atoms with Gasteiger partial charge in [-0.3, -0.25) is 9.59 Å². The molecule has 0 aliphatic carbocycles. The van der Waals surface area contributed by atoms with Crippen LogP contribution in [0.25, 0.3) is 5.69 Å². The molecule has 4 rings (SSSR count). The number of nitrogens with zero attached hydrogens (tertiary/aromatic N) is 3. The van der Waals surface area contributed by atoms with E-state index in [0.29, 0.717) is 12.1 Å². The third-order valence-electron chi connectivity index (χ3n) is 6.54. The zero-order valence-corrected chi connectivity index (χ0v) is 21.9. The highest BCUT2D eigenvalue weighted by Crippen LogP contribution is 2.31. The molecule has 2 unspecified atom stereocenters. The Kier molecular flexibility index (Phi) is 8.40. The number of para-hydroxylation sites is 1. The molecule has 9 nitrogen and oxygen atoms in total. The Bertz CT molecular complexity index is 1410. The van der Waals surface area contributed by atoms with E-state index < -0.39 is 39.3 Å². The fourth-order valence-electron chi connectivity index (χ4n) is 4.51. The second-order valence-corrected chi connectivity index (χ2v) is 11.2. The predicted molar refractivity (Wildman–Crippen MR) is 136 cm³/mol. The second-order valence-electron chi connectivity index (χ2n) is 9.26. The quantitative estimate of drug-likeness (QED) is 0.409. The van der Waals surface area contributed by atoms with Gasteiger partial charge in [0, 0.05) is 38.3 Å². The molecule has 13 heteroatoms. The molecule has 208 valence electrons. The summed E-state index contributed by atoms with van der Waals surface area (Å²) in [5.74, 6) is -1.97. The average Bonchev–Trinajstić information content (AvgIpc) is 3.38. The van der Waals surface area contributed by atoms with Gasteiger partial charge in [-0.25, -0.2) is 13.1 Å². The topological polar surface area (TPSA) is 113 Å². The number of nitrogens with one attached hydrogen (secondary N) is 2. The number of carbonyl (C=O) groups is 2. The largest absolute Gasteiger partial charge is 0.435 e. The molecule has 0 saturated carbocycles. The summed E-state index contributed by atoms with van der Waals surface area (Å²) in [6.45, 7) is 2.05. The molecular weight excluding hydrogens is 535 g/mol. The van der Waals surface area contributed by atoms with Gasteiger partial charge in [0.15, 0.2) is 5.69 Å². The Balaban J connectivity index is 1.30. The SMILES string of the molecule is CC1CN(S(=O)(=O)c2ccccc2)CCC1C(=O)NCCNC(=O)c1cn(-c2ccccc2)nc1C(F)(F)F. The number of alkyl halides is 3. The van der Waals surface area contributed by atoms with Gasteiger partial charge in [-0.15, -0.1) is 0 Å². The summed E-state index contributed by atoms with van der Waals surface area (Å²) in [5.41, 5.74) is -1.57. The van der Waals surface area contributed by atoms with Crippen LogP contribution in [0.2, 0.25) is 0 Å². The first-order valence-electron chi connectivity index (χ1n) is 12.3. The molecule has 2 N–H and O–H groups in total. The molecule has 0 radical (unpaired) electrons. The van der Waals surface area contributed by atoms with Gasteiger partial charge in [-0.1, -0.05) is 43.3 Å². The second kappa shape index (κ2) is 11.6. The monoisotopic (exact) mass is 563 g/mol. The van der Waals surface area contributed by atoms with Gasteiger partial charge in [-0.2, -0.15) is 22.6 Å². The van der Waals surface area contributed by atoms with Gasteiger partial charge in [0.25, 0.3) is 5.91 Å². The molecule has 2 atom stereocenters. The molecule has 1 fully saturated rings. The van der Waals surface area contributed by atoms with Crippen molar-refractivity contribution in [2.75, 3.05) is 26.2 Å². The van der Waals surface area contributed by atoms with E-state index in [2.05, 4.69) is 15.7 Å². The maximum Gasteiger partial charge on any atom is 0.435 e. The van der Waals surface area contributed by atoms with Crippen molar-refractivity contribution >= 4 is 21.8 Å². The first-order valence-corrected chi connectivity index (χ1v) is 13.8. The lowest BCUT2D eigenvalue weighted by atomic mass is 9.87. The van der Waals surface area contributed by atoms with Crippen molar-refractivity contribution in [1.29, 1.82) is 0 Å². The molecule has 3 aromatic rings. The Labute approximate surface area is 224 Å². The number of amides is 2. The number of piperidine rings is 1. The van der Waals surface area contributed by atoms with Crippen molar-refractivity contribution in [3.05, 3.63) is 78.1 Å². The highest BCUT2D eigenvalue weighted by atomic mass is 32.2. The van der Waals surface area contributed by atoms with Crippen molar-refractivity contribution < 1.29 is 31.2 Å². The summed E-state index contributed by atoms with van der Waals surface area (Å²) in [6.07, 6.45) is -3.50. The van der Waals surface area contributed by atoms with E-state index in [0.717, 1.165) is 10.9 Å². The van der Waals surface area contributed by atoms with E-state index in [1.165, 1.54) is 16.4 Å². The van der Waals surface area contributed by atoms with Gasteiger partial charge in [0.05, 0.1) is 16.1 Å². The minimum atomic E-state index is -4.83. The van der Waals surface area contributed by atoms with Crippen LogP contribution in [0.4, 0.5) is 13.2 Å². The first-order chi connectivity index (χ1) is 18.5. The van der Waals surface area contributed by atoms with Crippen molar-refractivity contribution in [2.45, 2.75) is 24.4 Å². The number of hydrogen-bond donors (Lipinski definition) is 2. The number of benzene rings is 2. The number of rotatable bonds is 8. The van der Waals surface area contributed by atoms with Crippen molar-refractivity contribution in [3.8, 4) is 5.69 Å². The van der Waals surface area contributed by atoms with Crippen LogP contribution in [0.15, 0.2) is 71.8 Å². The maximum atomic E-state index is 13.5. The summed E-state index contributed by atoms with van der Waals surface area (Å²) in [4.78, 5) is 25.5. The summed E-state index contributed by atoms with van der Waals surface area (Å²) in [6, 6.07) is 16.2. The zero-order valence-electron chi connectivity index (χ0n) is 21.1. The summed E-state index contributed by atoms with van der Waals surface area (Å²) in [5, 5.41) is 8.64. The minimum absolute atomic E-state index is 0.00596. The van der Waals surface area contributed by atoms with Gasteiger partial charge < -0.3 is 10.6 Å². The van der Waals surface area contributed by atoms with E-state index in [4.69, 9.17) is 0 Å². The van der Waals surface area contributed by atoms with Crippen LogP contribution in [0.5, 0.6) is 0 Å². The molecule has 1 aromatic heterocycles. The average molecular weight is 564 g/mol. The number of aromatic nitrogens is 2. The molecule has 2 heterocycles. The third-order valence-corrected chi connectivity index (χ3v) is 8.42. The number of carbonyl (C=O) groups excluding carboxylic acids is 2. The molecule has 0 bridgehead atoms. The highest BCUT2D eigenvalue weighted by Gasteiger charge is 2.39. The van der Waals surface area contributed by atoms with E-state index in [1.807, 2.05) is 0 Å². The van der Waals surface area contributed by atoms with E-state index in [9.17, 15) is 31.2 Å². The molecular formula is C26H28F3N5O4S. The molecule has 1 aliphatic heterocycles. The zero-order chi connectivity index (χ0) is 28.2. The van der Waals surface area contributed by atoms with Crippen LogP contribution in [0, 0.1) is 11.8 Å². The summed E-state index contributed by atoms with van der Waals surface area (Å²) in [7, 11) is -3.66. The standard InChI is InChI=1S/C26H28F3N5O4S/c1-18-16-33(39(37,38)20-10-6-3-7-11-20)15-12-21(18)24(35)30-13-14-31-25(36)22-17-34(19-8-4-2-5-9-19)32-23(22)26(27,28)29/h2-11,17-18,21H,12-16H2,1H3,(H,30,35)(H,31,36). The number of hydrogen-bond acceptors (Lipinski definition) is 5. The normalized spacial score (nSPS) is 18.5. The summed E-state index contributed by atoms with van der Waals surface area (Å²) >= 11 is 0. The van der Waals surface area contributed by atoms with Crippen LogP contribution in [-0.2, 0) is 21.0 Å². The van der Waals surface area contributed by atoms with Gasteiger partial charge in [-0.05, 0) is 36.6 Å². The fraction of sp³-hybridized carbons (Fsp3) is 0.346. The van der Waals surface area contributed by atoms with Crippen molar-refractivity contribution in [3.63, 3.8) is 0 Å². The molecule has 2 aromatic carbocycles. The van der Waals surface area contributed by atoms with Gasteiger partial charge >= 0.3 is 6.18 Å². The van der Waals surface area contributed by atoms with E-state index in [1.54, 1.807) is 55.5 Å². The predicted octanol–water partition coefficient (Wildman–Crippen LogP) is 3.08. The van der Waals surface area contributed by atoms with Gasteiger partial charge in [0.2, 0.25) is 15.9 Å². The minimum Gasteiger partial charge on any atom is -0.354 e. The summed E-state index contributed by atoms with van der Waals surface area (Å²) < 4.78 is 68.7. The van der Waals surface area contributed by atoms with Crippen molar-refractivity contribution in [2.24, 2.45) is 11.8 Å². The lowest BCUT2D eigenvalue weighted by Gasteiger charge is -2.35.